The Morgan fingerprint density at radius 1 is 1.45 bits per heavy atom. The maximum atomic E-state index is 11.0. The highest BCUT2D eigenvalue weighted by atomic mass is 32.2. The second kappa shape index (κ2) is 2.34. The summed E-state index contributed by atoms with van der Waals surface area (Å²) in [5.41, 5.74) is 0.366. The molecule has 1 N–H and O–H groups in total. The van der Waals surface area contributed by atoms with Gasteiger partial charge in [0.05, 0.1) is 4.91 Å². The second-order valence-electron chi connectivity index (χ2n) is 2.32. The number of carbonyl (C=O) groups is 1. The van der Waals surface area contributed by atoms with E-state index in [0.717, 1.165) is 0 Å². The molecule has 0 radical (unpaired) electrons. The smallest absolute Gasteiger partial charge is 0.261 e. The van der Waals surface area contributed by atoms with E-state index in [9.17, 15) is 13.2 Å². The molecule has 1 rings (SSSR count). The summed E-state index contributed by atoms with van der Waals surface area (Å²) in [6.45, 7) is 3.19. The van der Waals surface area contributed by atoms with Crippen molar-refractivity contribution in [3.8, 4) is 0 Å². The van der Waals surface area contributed by atoms with Crippen LogP contribution < -0.4 is 4.72 Å². The first kappa shape index (κ1) is 8.26. The average Bonchev–Trinajstić information content (AvgIpc) is 2.04. The van der Waals surface area contributed by atoms with Gasteiger partial charge in [-0.2, -0.15) is 0 Å². The molecule has 5 heteroatoms. The Balaban J connectivity index is 3.26. The van der Waals surface area contributed by atoms with Gasteiger partial charge in [0.2, 0.25) is 0 Å². The van der Waals surface area contributed by atoms with Crippen LogP contribution in [0.4, 0.5) is 0 Å². The van der Waals surface area contributed by atoms with Gasteiger partial charge in [-0.05, 0) is 13.3 Å². The highest BCUT2D eigenvalue weighted by molar-refractivity contribution is 7.94. The van der Waals surface area contributed by atoms with E-state index < -0.39 is 15.9 Å². The summed E-state index contributed by atoms with van der Waals surface area (Å²) in [6, 6.07) is 0. The molecule has 1 aliphatic rings. The average molecular weight is 175 g/mol. The Morgan fingerprint density at radius 2 is 2.00 bits per heavy atom. The first-order chi connectivity index (χ1) is 4.99. The monoisotopic (exact) mass is 175 g/mol. The van der Waals surface area contributed by atoms with E-state index in [-0.39, 0.29) is 4.91 Å². The highest BCUT2D eigenvalue weighted by Crippen LogP contribution is 2.20. The SMILES string of the molecule is CCC1=C(C)S(=O)(=O)NC1=O. The van der Waals surface area contributed by atoms with E-state index in [1.807, 2.05) is 4.72 Å². The molecule has 1 amide bonds. The van der Waals surface area contributed by atoms with Crippen LogP contribution in [0, 0.1) is 0 Å². The van der Waals surface area contributed by atoms with E-state index in [2.05, 4.69) is 0 Å². The Morgan fingerprint density at radius 3 is 2.18 bits per heavy atom. The molecule has 0 unspecified atom stereocenters. The number of hydrogen-bond acceptors (Lipinski definition) is 3. The standard InChI is InChI=1S/C6H9NO3S/c1-3-5-4(2)11(9,10)7-6(5)8/h3H2,1-2H3,(H,7,8). The molecule has 0 spiro atoms. The summed E-state index contributed by atoms with van der Waals surface area (Å²) < 4.78 is 23.8. The van der Waals surface area contributed by atoms with Crippen LogP contribution in [-0.2, 0) is 14.8 Å². The largest absolute Gasteiger partial charge is 0.269 e. The van der Waals surface area contributed by atoms with Crippen LogP contribution in [0.2, 0.25) is 0 Å². The molecule has 0 saturated heterocycles. The summed E-state index contributed by atoms with van der Waals surface area (Å²) in [6.07, 6.45) is 0.455. The first-order valence-electron chi connectivity index (χ1n) is 3.26. The number of hydrogen-bond donors (Lipinski definition) is 1. The summed E-state index contributed by atoms with van der Waals surface area (Å²) in [5.74, 6) is -0.481. The lowest BCUT2D eigenvalue weighted by molar-refractivity contribution is -0.115. The predicted octanol–water partition coefficient (Wildman–Crippen LogP) is 0.130. The lowest BCUT2D eigenvalue weighted by Gasteiger charge is -1.91. The van der Waals surface area contributed by atoms with Crippen LogP contribution in [-0.4, -0.2) is 14.3 Å². The van der Waals surface area contributed by atoms with Crippen molar-refractivity contribution in [2.24, 2.45) is 0 Å². The maximum Gasteiger partial charge on any atom is 0.261 e. The van der Waals surface area contributed by atoms with Crippen molar-refractivity contribution in [3.05, 3.63) is 10.5 Å². The van der Waals surface area contributed by atoms with Crippen molar-refractivity contribution >= 4 is 15.9 Å². The fourth-order valence-electron chi connectivity index (χ4n) is 0.992. The summed E-state index contributed by atoms with van der Waals surface area (Å²) in [5, 5.41) is 0. The Bertz CT molecular complexity index is 326. The molecule has 0 atom stereocenters. The fourth-order valence-corrected chi connectivity index (χ4v) is 2.07. The Labute approximate surface area is 65.3 Å². The molecule has 0 aromatic heterocycles. The van der Waals surface area contributed by atoms with E-state index in [0.29, 0.717) is 12.0 Å². The summed E-state index contributed by atoms with van der Waals surface area (Å²) >= 11 is 0. The van der Waals surface area contributed by atoms with Gasteiger partial charge in [0, 0.05) is 5.57 Å². The number of allylic oxidation sites excluding steroid dienone is 1. The van der Waals surface area contributed by atoms with Crippen molar-refractivity contribution in [2.45, 2.75) is 20.3 Å². The van der Waals surface area contributed by atoms with Gasteiger partial charge in [0.25, 0.3) is 15.9 Å². The van der Waals surface area contributed by atoms with Crippen LogP contribution in [0.15, 0.2) is 10.5 Å². The zero-order chi connectivity index (χ0) is 8.65. The molecule has 0 saturated carbocycles. The van der Waals surface area contributed by atoms with E-state index in [1.165, 1.54) is 6.92 Å². The van der Waals surface area contributed by atoms with Crippen LogP contribution >= 0.6 is 0 Å². The van der Waals surface area contributed by atoms with Gasteiger partial charge < -0.3 is 0 Å². The van der Waals surface area contributed by atoms with Crippen LogP contribution in [0.1, 0.15) is 20.3 Å². The van der Waals surface area contributed by atoms with Crippen molar-refractivity contribution in [2.75, 3.05) is 0 Å². The zero-order valence-corrected chi connectivity index (χ0v) is 7.16. The van der Waals surface area contributed by atoms with E-state index in [4.69, 9.17) is 0 Å². The number of carbonyl (C=O) groups excluding carboxylic acids is 1. The maximum absolute atomic E-state index is 11.0. The molecule has 0 bridgehead atoms. The van der Waals surface area contributed by atoms with Gasteiger partial charge in [-0.3, -0.25) is 4.79 Å². The van der Waals surface area contributed by atoms with Gasteiger partial charge in [-0.1, -0.05) is 6.92 Å². The molecule has 0 aromatic rings. The molecular weight excluding hydrogens is 166 g/mol. The van der Waals surface area contributed by atoms with Gasteiger partial charge >= 0.3 is 0 Å². The van der Waals surface area contributed by atoms with Crippen molar-refractivity contribution < 1.29 is 13.2 Å². The summed E-state index contributed by atoms with van der Waals surface area (Å²) in [4.78, 5) is 11.0. The van der Waals surface area contributed by atoms with Crippen LogP contribution in [0.3, 0.4) is 0 Å². The number of rotatable bonds is 1. The normalized spacial score (nSPS) is 22.2. The van der Waals surface area contributed by atoms with Gasteiger partial charge in [-0.15, -0.1) is 0 Å². The minimum Gasteiger partial charge on any atom is -0.269 e. The van der Waals surface area contributed by atoms with Crippen molar-refractivity contribution in [1.82, 2.24) is 4.72 Å². The minimum atomic E-state index is -3.46. The van der Waals surface area contributed by atoms with Crippen LogP contribution in [0.5, 0.6) is 0 Å². The van der Waals surface area contributed by atoms with Crippen LogP contribution in [0.25, 0.3) is 0 Å². The third kappa shape index (κ3) is 1.16. The van der Waals surface area contributed by atoms with E-state index >= 15 is 0 Å². The second-order valence-corrected chi connectivity index (χ2v) is 4.15. The fraction of sp³-hybridized carbons (Fsp3) is 0.500. The first-order valence-corrected chi connectivity index (χ1v) is 4.74. The number of sulfonamides is 1. The Hall–Kier alpha value is -0.840. The molecule has 62 valence electrons. The zero-order valence-electron chi connectivity index (χ0n) is 6.34. The molecular formula is C6H9NO3S. The minimum absolute atomic E-state index is 0.157. The molecule has 1 heterocycles. The third-order valence-electron chi connectivity index (χ3n) is 1.68. The van der Waals surface area contributed by atoms with E-state index in [1.54, 1.807) is 6.92 Å². The molecule has 11 heavy (non-hydrogen) atoms. The third-order valence-corrected chi connectivity index (χ3v) is 3.19. The van der Waals surface area contributed by atoms with Crippen molar-refractivity contribution in [1.29, 1.82) is 0 Å². The molecule has 0 fully saturated rings. The van der Waals surface area contributed by atoms with Gasteiger partial charge in [-0.25, -0.2) is 13.1 Å². The quantitative estimate of drug-likeness (QED) is 0.616. The van der Waals surface area contributed by atoms with Crippen molar-refractivity contribution in [3.63, 3.8) is 0 Å². The topological polar surface area (TPSA) is 63.2 Å². The summed E-state index contributed by atoms with van der Waals surface area (Å²) in [7, 11) is -3.46. The predicted molar refractivity (Wildman–Crippen MR) is 40.1 cm³/mol. The Kier molecular flexibility index (Phi) is 1.75. The molecule has 0 aliphatic carbocycles. The molecule has 0 aromatic carbocycles. The lowest BCUT2D eigenvalue weighted by Crippen LogP contribution is -2.22. The number of amides is 1. The lowest BCUT2D eigenvalue weighted by atomic mass is 10.2. The molecule has 1 aliphatic heterocycles. The highest BCUT2D eigenvalue weighted by Gasteiger charge is 2.30. The van der Waals surface area contributed by atoms with Gasteiger partial charge in [0.1, 0.15) is 0 Å². The van der Waals surface area contributed by atoms with Gasteiger partial charge in [0.15, 0.2) is 0 Å². The molecule has 4 nitrogen and oxygen atoms in total. The number of nitrogens with one attached hydrogen (secondary N) is 1.